The lowest BCUT2D eigenvalue weighted by Crippen LogP contribution is -2.20. The van der Waals surface area contributed by atoms with Crippen molar-refractivity contribution in [3.05, 3.63) is 39.7 Å². The van der Waals surface area contributed by atoms with Crippen LogP contribution in [0.15, 0.2) is 18.2 Å². The van der Waals surface area contributed by atoms with Crippen LogP contribution in [0.3, 0.4) is 0 Å². The normalized spacial score (nSPS) is 13.2. The van der Waals surface area contributed by atoms with Crippen molar-refractivity contribution in [3.63, 3.8) is 0 Å². The summed E-state index contributed by atoms with van der Waals surface area (Å²) in [5, 5.41) is 17.8. The highest BCUT2D eigenvalue weighted by molar-refractivity contribution is 5.91. The number of hydrogen-bond donors (Lipinski definition) is 1. The number of anilines is 1. The van der Waals surface area contributed by atoms with Crippen molar-refractivity contribution in [1.82, 2.24) is 9.78 Å². The summed E-state index contributed by atoms with van der Waals surface area (Å²) in [5.41, 5.74) is 1.12. The number of nitro groups is 1. The van der Waals surface area contributed by atoms with Gasteiger partial charge >= 0.3 is 5.69 Å². The number of benzene rings is 1. The molecule has 0 fully saturated rings. The Balaban J connectivity index is 1.72. The molecule has 2 heterocycles. The fourth-order valence-corrected chi connectivity index (χ4v) is 2.68. The highest BCUT2D eigenvalue weighted by Gasteiger charge is 2.22. The van der Waals surface area contributed by atoms with Gasteiger partial charge in [-0.2, -0.15) is 5.10 Å². The van der Waals surface area contributed by atoms with Crippen molar-refractivity contribution in [2.45, 2.75) is 26.8 Å². The SMILES string of the molecule is Cc1nn(CC(=O)Nc2ccc3c(c2)OCCCO3)c(C)c1[N+](=O)[O-]. The van der Waals surface area contributed by atoms with Crippen molar-refractivity contribution < 1.29 is 19.2 Å². The Bertz CT molecular complexity index is 830. The topological polar surface area (TPSA) is 109 Å². The van der Waals surface area contributed by atoms with Crippen molar-refractivity contribution in [2.75, 3.05) is 18.5 Å². The van der Waals surface area contributed by atoms with Gasteiger partial charge < -0.3 is 14.8 Å². The second-order valence-electron chi connectivity index (χ2n) is 5.69. The summed E-state index contributed by atoms with van der Waals surface area (Å²) in [5.74, 6) is 0.886. The highest BCUT2D eigenvalue weighted by Crippen LogP contribution is 2.32. The van der Waals surface area contributed by atoms with Gasteiger partial charge in [-0.3, -0.25) is 19.6 Å². The van der Waals surface area contributed by atoms with Crippen LogP contribution in [0.4, 0.5) is 11.4 Å². The van der Waals surface area contributed by atoms with Crippen LogP contribution in [0.2, 0.25) is 0 Å². The Morgan fingerprint density at radius 1 is 1.32 bits per heavy atom. The molecule has 1 aromatic heterocycles. The van der Waals surface area contributed by atoms with E-state index in [-0.39, 0.29) is 23.8 Å². The third kappa shape index (κ3) is 3.54. The van der Waals surface area contributed by atoms with Crippen LogP contribution in [0.1, 0.15) is 17.8 Å². The van der Waals surface area contributed by atoms with Crippen LogP contribution in [0, 0.1) is 24.0 Å². The van der Waals surface area contributed by atoms with Crippen LogP contribution >= 0.6 is 0 Å². The molecule has 132 valence electrons. The van der Waals surface area contributed by atoms with Crippen LogP contribution < -0.4 is 14.8 Å². The number of aryl methyl sites for hydroxylation is 1. The minimum absolute atomic E-state index is 0.0663. The molecule has 0 unspecified atom stereocenters. The summed E-state index contributed by atoms with van der Waals surface area (Å²) >= 11 is 0. The molecule has 25 heavy (non-hydrogen) atoms. The Kier molecular flexibility index (Phi) is 4.55. The second kappa shape index (κ2) is 6.80. The molecule has 1 N–H and O–H groups in total. The van der Waals surface area contributed by atoms with Crippen LogP contribution in [0.25, 0.3) is 0 Å². The Hall–Kier alpha value is -3.10. The zero-order chi connectivity index (χ0) is 18.0. The average molecular weight is 346 g/mol. The van der Waals surface area contributed by atoms with Crippen molar-refractivity contribution in [3.8, 4) is 11.5 Å². The van der Waals surface area contributed by atoms with Gasteiger partial charge in [-0.25, -0.2) is 0 Å². The van der Waals surface area contributed by atoms with E-state index >= 15 is 0 Å². The van der Waals surface area contributed by atoms with E-state index in [1.807, 2.05) is 0 Å². The number of hydrogen-bond acceptors (Lipinski definition) is 6. The van der Waals surface area contributed by atoms with E-state index in [2.05, 4.69) is 10.4 Å². The van der Waals surface area contributed by atoms with Crippen molar-refractivity contribution in [2.24, 2.45) is 0 Å². The maximum Gasteiger partial charge on any atom is 0.312 e. The van der Waals surface area contributed by atoms with Gasteiger partial charge in [-0.15, -0.1) is 0 Å². The molecule has 0 bridgehead atoms. The molecule has 0 aliphatic carbocycles. The zero-order valence-corrected chi connectivity index (χ0v) is 13.9. The monoisotopic (exact) mass is 346 g/mol. The maximum absolute atomic E-state index is 12.2. The predicted molar refractivity (Wildman–Crippen MR) is 89.0 cm³/mol. The molecule has 0 atom stereocenters. The van der Waals surface area contributed by atoms with E-state index in [1.54, 1.807) is 32.0 Å². The number of rotatable bonds is 4. The molecule has 2 aromatic rings. The summed E-state index contributed by atoms with van der Waals surface area (Å²) in [6.45, 7) is 4.15. The number of nitrogens with zero attached hydrogens (tertiary/aromatic N) is 3. The van der Waals surface area contributed by atoms with E-state index in [4.69, 9.17) is 9.47 Å². The van der Waals surface area contributed by atoms with Crippen LogP contribution in [-0.2, 0) is 11.3 Å². The van der Waals surface area contributed by atoms with E-state index in [1.165, 1.54) is 4.68 Å². The third-order valence-electron chi connectivity index (χ3n) is 3.85. The molecule has 1 aliphatic heterocycles. The van der Waals surface area contributed by atoms with Gasteiger partial charge in [0, 0.05) is 18.2 Å². The summed E-state index contributed by atoms with van der Waals surface area (Å²) in [6, 6.07) is 5.15. The van der Waals surface area contributed by atoms with Gasteiger partial charge in [0.05, 0.1) is 18.1 Å². The lowest BCUT2D eigenvalue weighted by molar-refractivity contribution is -0.386. The second-order valence-corrected chi connectivity index (χ2v) is 5.69. The minimum Gasteiger partial charge on any atom is -0.490 e. The van der Waals surface area contributed by atoms with Crippen molar-refractivity contribution in [1.29, 1.82) is 0 Å². The fraction of sp³-hybridized carbons (Fsp3) is 0.375. The molecule has 9 heteroatoms. The summed E-state index contributed by atoms with van der Waals surface area (Å²) in [4.78, 5) is 22.8. The van der Waals surface area contributed by atoms with Gasteiger partial charge in [0.1, 0.15) is 17.9 Å². The van der Waals surface area contributed by atoms with E-state index < -0.39 is 4.92 Å². The molecular weight excluding hydrogens is 328 g/mol. The number of nitrogens with one attached hydrogen (secondary N) is 1. The summed E-state index contributed by atoms with van der Waals surface area (Å²) < 4.78 is 12.5. The first-order valence-corrected chi connectivity index (χ1v) is 7.83. The Labute approximate surface area is 143 Å². The molecule has 1 aromatic carbocycles. The predicted octanol–water partition coefficient (Wildman–Crippen LogP) is 2.21. The molecule has 0 saturated heterocycles. The first-order chi connectivity index (χ1) is 12.0. The minimum atomic E-state index is -0.490. The number of carbonyl (C=O) groups is 1. The lowest BCUT2D eigenvalue weighted by Gasteiger charge is -2.10. The van der Waals surface area contributed by atoms with E-state index in [9.17, 15) is 14.9 Å². The lowest BCUT2D eigenvalue weighted by atomic mass is 10.2. The van der Waals surface area contributed by atoms with E-state index in [0.29, 0.717) is 36.1 Å². The maximum atomic E-state index is 12.2. The molecule has 3 rings (SSSR count). The molecule has 1 aliphatic rings. The van der Waals surface area contributed by atoms with Crippen LogP contribution in [0.5, 0.6) is 11.5 Å². The Morgan fingerprint density at radius 3 is 2.72 bits per heavy atom. The number of carbonyl (C=O) groups excluding carboxylic acids is 1. The largest absolute Gasteiger partial charge is 0.490 e. The number of fused-ring (bicyclic) bond motifs is 1. The first-order valence-electron chi connectivity index (χ1n) is 7.83. The zero-order valence-electron chi connectivity index (χ0n) is 13.9. The van der Waals surface area contributed by atoms with Crippen molar-refractivity contribution >= 4 is 17.3 Å². The molecular formula is C16H18N4O5. The first kappa shape index (κ1) is 16.7. The quantitative estimate of drug-likeness (QED) is 0.671. The van der Waals surface area contributed by atoms with Gasteiger partial charge in [-0.05, 0) is 26.0 Å². The smallest absolute Gasteiger partial charge is 0.312 e. The summed E-state index contributed by atoms with van der Waals surface area (Å²) in [6.07, 6.45) is 0.799. The Morgan fingerprint density at radius 2 is 2.04 bits per heavy atom. The van der Waals surface area contributed by atoms with Gasteiger partial charge in [-0.1, -0.05) is 0 Å². The molecule has 0 radical (unpaired) electrons. The van der Waals surface area contributed by atoms with Gasteiger partial charge in [0.15, 0.2) is 11.5 Å². The summed E-state index contributed by atoms with van der Waals surface area (Å²) in [7, 11) is 0. The number of ether oxygens (including phenoxy) is 2. The molecule has 1 amide bonds. The molecule has 9 nitrogen and oxygen atoms in total. The molecule has 0 spiro atoms. The number of aromatic nitrogens is 2. The standard InChI is InChI=1S/C16H18N4O5/c1-10-16(20(22)23)11(2)19(18-10)9-15(21)17-12-4-5-13-14(8-12)25-7-3-6-24-13/h4-5,8H,3,6-7,9H2,1-2H3,(H,17,21). The average Bonchev–Trinajstić information content (AvgIpc) is 2.72. The highest BCUT2D eigenvalue weighted by atomic mass is 16.6. The third-order valence-corrected chi connectivity index (χ3v) is 3.85. The van der Waals surface area contributed by atoms with Gasteiger partial charge in [0.25, 0.3) is 0 Å². The van der Waals surface area contributed by atoms with Gasteiger partial charge in [0.2, 0.25) is 5.91 Å². The van der Waals surface area contributed by atoms with E-state index in [0.717, 1.165) is 6.42 Å². The fourth-order valence-electron chi connectivity index (χ4n) is 2.68. The number of amides is 1. The van der Waals surface area contributed by atoms with Crippen LogP contribution in [-0.4, -0.2) is 33.8 Å². The molecule has 0 saturated carbocycles.